The molecule has 0 radical (unpaired) electrons. The van der Waals surface area contributed by atoms with E-state index in [0.717, 1.165) is 25.7 Å². The van der Waals surface area contributed by atoms with Gasteiger partial charge in [-0.3, -0.25) is 4.79 Å². The maximum atomic E-state index is 12.5. The summed E-state index contributed by atoms with van der Waals surface area (Å²) in [5.74, 6) is -0.148. The van der Waals surface area contributed by atoms with Crippen LogP contribution in [0, 0.1) is 10.8 Å². The lowest BCUT2D eigenvalue weighted by atomic mass is 9.76. The molecule has 4 nitrogen and oxygen atoms in total. The molecule has 0 aromatic carbocycles. The molecule has 0 aliphatic heterocycles. The lowest BCUT2D eigenvalue weighted by Crippen LogP contribution is -2.51. The Kier molecular flexibility index (Phi) is 4.83. The lowest BCUT2D eigenvalue weighted by Gasteiger charge is -2.44. The topological polar surface area (TPSA) is 55.8 Å². The molecule has 2 aliphatic carbocycles. The van der Waals surface area contributed by atoms with Gasteiger partial charge in [0.2, 0.25) is 0 Å². The molecule has 0 spiro atoms. The monoisotopic (exact) mass is 356 g/mol. The van der Waals surface area contributed by atoms with Gasteiger partial charge in [0.05, 0.1) is 17.1 Å². The number of ether oxygens (including phenoxy) is 1. The van der Waals surface area contributed by atoms with Crippen molar-refractivity contribution in [3.8, 4) is 0 Å². The van der Waals surface area contributed by atoms with E-state index in [2.05, 4.69) is 33.5 Å². The number of carbonyl (C=O) groups excluding carboxylic acids is 1. The molecule has 5 heteroatoms. The van der Waals surface area contributed by atoms with Crippen LogP contribution in [-0.4, -0.2) is 36.7 Å². The minimum Gasteiger partial charge on any atom is -0.458 e. The van der Waals surface area contributed by atoms with Crippen molar-refractivity contribution in [2.75, 3.05) is 0 Å². The van der Waals surface area contributed by atoms with Gasteiger partial charge in [-0.25, -0.2) is 0 Å². The van der Waals surface area contributed by atoms with Gasteiger partial charge in [0.15, 0.2) is 8.32 Å². The number of esters is 1. The number of rotatable bonds is 7. The highest BCUT2D eigenvalue weighted by molar-refractivity contribution is 6.69. The van der Waals surface area contributed by atoms with Crippen molar-refractivity contribution in [1.82, 2.24) is 0 Å². The van der Waals surface area contributed by atoms with E-state index in [1.54, 1.807) is 0 Å². The summed E-state index contributed by atoms with van der Waals surface area (Å²) < 4.78 is 12.5. The van der Waals surface area contributed by atoms with Crippen LogP contribution in [0.4, 0.5) is 0 Å². The smallest absolute Gasteiger partial charge is 0.311 e. The number of hydrogen-bond donors (Lipinski definition) is 1. The van der Waals surface area contributed by atoms with E-state index in [0.29, 0.717) is 6.42 Å². The van der Waals surface area contributed by atoms with Crippen molar-refractivity contribution < 1.29 is 19.1 Å². The van der Waals surface area contributed by atoms with Crippen molar-refractivity contribution in [3.05, 3.63) is 0 Å². The molecule has 0 aromatic rings. The van der Waals surface area contributed by atoms with Gasteiger partial charge >= 0.3 is 5.97 Å². The zero-order valence-electron chi connectivity index (χ0n) is 16.8. The van der Waals surface area contributed by atoms with Gasteiger partial charge in [-0.1, -0.05) is 13.8 Å². The zero-order valence-corrected chi connectivity index (χ0v) is 17.8. The largest absolute Gasteiger partial charge is 0.458 e. The Morgan fingerprint density at radius 2 is 1.58 bits per heavy atom. The Hall–Kier alpha value is -0.393. The highest BCUT2D eigenvalue weighted by atomic mass is 28.4. The fraction of sp³-hybridized carbons (Fsp3) is 0.947. The predicted octanol–water partition coefficient (Wildman–Crippen LogP) is 4.27. The van der Waals surface area contributed by atoms with Crippen molar-refractivity contribution in [2.45, 2.75) is 104 Å². The van der Waals surface area contributed by atoms with Crippen LogP contribution in [0.25, 0.3) is 0 Å². The van der Waals surface area contributed by atoms with Gasteiger partial charge in [-0.2, -0.15) is 0 Å². The summed E-state index contributed by atoms with van der Waals surface area (Å²) in [6.07, 6.45) is 4.01. The van der Waals surface area contributed by atoms with Crippen LogP contribution in [0.15, 0.2) is 0 Å². The average Bonchev–Trinajstić information content (AvgIpc) is 3.25. The normalized spacial score (nSPS) is 23.5. The minimum absolute atomic E-state index is 0.0908. The summed E-state index contributed by atoms with van der Waals surface area (Å²) in [5, 5.41) is 10.5. The van der Waals surface area contributed by atoms with Crippen LogP contribution >= 0.6 is 0 Å². The molecule has 0 aromatic heterocycles. The summed E-state index contributed by atoms with van der Waals surface area (Å²) >= 11 is 0. The van der Waals surface area contributed by atoms with Crippen molar-refractivity contribution in [2.24, 2.45) is 10.8 Å². The second kappa shape index (κ2) is 5.81. The van der Waals surface area contributed by atoms with Crippen molar-refractivity contribution in [1.29, 1.82) is 0 Å². The fourth-order valence-electron chi connectivity index (χ4n) is 3.18. The molecule has 0 bridgehead atoms. The Morgan fingerprint density at radius 1 is 1.08 bits per heavy atom. The molecule has 0 unspecified atom stereocenters. The maximum absolute atomic E-state index is 12.5. The van der Waals surface area contributed by atoms with Crippen LogP contribution < -0.4 is 0 Å². The number of aliphatic hydroxyl groups is 1. The molecular weight excluding hydrogens is 320 g/mol. The third-order valence-electron chi connectivity index (χ3n) is 5.47. The van der Waals surface area contributed by atoms with E-state index in [9.17, 15) is 9.90 Å². The summed E-state index contributed by atoms with van der Waals surface area (Å²) in [5.41, 5.74) is -1.85. The highest BCUT2D eigenvalue weighted by Crippen LogP contribution is 2.58. The van der Waals surface area contributed by atoms with Crippen LogP contribution in [0.5, 0.6) is 0 Å². The quantitative estimate of drug-likeness (QED) is 0.547. The second-order valence-corrected chi connectivity index (χ2v) is 15.0. The molecule has 0 heterocycles. The SMILES string of the molecule is CC(C)(C)C(=O)OC1(C(C)(C)[C@H](CC2(O)CC2)O[Si](C)(C)C)CC1. The Morgan fingerprint density at radius 3 is 1.92 bits per heavy atom. The second-order valence-electron chi connectivity index (χ2n) is 10.5. The molecule has 1 N–H and O–H groups in total. The first-order valence-corrected chi connectivity index (χ1v) is 12.6. The Labute approximate surface area is 148 Å². The predicted molar refractivity (Wildman–Crippen MR) is 98.3 cm³/mol. The highest BCUT2D eigenvalue weighted by Gasteiger charge is 2.63. The third kappa shape index (κ3) is 4.41. The van der Waals surface area contributed by atoms with Gasteiger partial charge in [-0.15, -0.1) is 0 Å². The molecule has 0 saturated heterocycles. The molecule has 2 fully saturated rings. The first-order chi connectivity index (χ1) is 10.6. The van der Waals surface area contributed by atoms with Crippen LogP contribution in [0.1, 0.15) is 66.7 Å². The van der Waals surface area contributed by atoms with Gasteiger partial charge < -0.3 is 14.3 Å². The standard InChI is InChI=1S/C19H36O4Si/c1-16(2,3)15(20)22-19(11-12-19)17(4,5)14(23-24(6,7)8)13-18(21)9-10-18/h14,21H,9-13H2,1-8H3/t14-/m0/s1. The maximum Gasteiger partial charge on any atom is 0.311 e. The fourth-order valence-corrected chi connectivity index (χ4v) is 4.41. The Balaban J connectivity index is 2.21. The van der Waals surface area contributed by atoms with Gasteiger partial charge in [-0.05, 0) is 66.1 Å². The van der Waals surface area contributed by atoms with Crippen LogP contribution in [-0.2, 0) is 14.0 Å². The van der Waals surface area contributed by atoms with Crippen molar-refractivity contribution in [3.63, 3.8) is 0 Å². The third-order valence-corrected chi connectivity index (χ3v) is 6.46. The van der Waals surface area contributed by atoms with E-state index in [1.165, 1.54) is 0 Å². The van der Waals surface area contributed by atoms with Crippen LogP contribution in [0.3, 0.4) is 0 Å². The first-order valence-electron chi connectivity index (χ1n) is 9.24. The van der Waals surface area contributed by atoms with E-state index < -0.39 is 24.9 Å². The van der Waals surface area contributed by atoms with E-state index in [4.69, 9.17) is 9.16 Å². The van der Waals surface area contributed by atoms with Crippen molar-refractivity contribution >= 4 is 14.3 Å². The molecular formula is C19H36O4Si. The average molecular weight is 357 g/mol. The molecule has 2 rings (SSSR count). The Bertz CT molecular complexity index is 483. The minimum atomic E-state index is -1.78. The molecule has 2 saturated carbocycles. The van der Waals surface area contributed by atoms with Gasteiger partial charge in [0.25, 0.3) is 0 Å². The number of carbonyl (C=O) groups is 1. The summed E-state index contributed by atoms with van der Waals surface area (Å²) in [6.45, 7) is 16.5. The molecule has 2 aliphatic rings. The van der Waals surface area contributed by atoms with Gasteiger partial charge in [0.1, 0.15) is 5.60 Å². The number of hydrogen-bond acceptors (Lipinski definition) is 4. The summed E-state index contributed by atoms with van der Waals surface area (Å²) in [7, 11) is -1.78. The molecule has 1 atom stereocenters. The summed E-state index contributed by atoms with van der Waals surface area (Å²) in [6, 6.07) is 0. The van der Waals surface area contributed by atoms with E-state index >= 15 is 0 Å². The van der Waals surface area contributed by atoms with E-state index in [-0.39, 0.29) is 17.5 Å². The van der Waals surface area contributed by atoms with Gasteiger partial charge in [0, 0.05) is 11.8 Å². The zero-order chi connectivity index (χ0) is 18.6. The van der Waals surface area contributed by atoms with Crippen LogP contribution in [0.2, 0.25) is 19.6 Å². The van der Waals surface area contributed by atoms with E-state index in [1.807, 2.05) is 20.8 Å². The molecule has 0 amide bonds. The molecule has 140 valence electrons. The summed E-state index contributed by atoms with van der Waals surface area (Å²) in [4.78, 5) is 12.5. The molecule has 24 heavy (non-hydrogen) atoms. The lowest BCUT2D eigenvalue weighted by molar-refractivity contribution is -0.175. The first kappa shape index (κ1) is 19.9.